The van der Waals surface area contributed by atoms with Crippen LogP contribution in [0, 0.1) is 17.8 Å². The first-order valence-electron chi connectivity index (χ1n) is 14.6. The number of nitrogens with one attached hydrogen (secondary N) is 2. The minimum atomic E-state index is -4.40. The van der Waals surface area contributed by atoms with Crippen LogP contribution in [0.3, 0.4) is 0 Å². The molecule has 0 spiro atoms. The topological polar surface area (TPSA) is 62.8 Å². The second-order valence-corrected chi connectivity index (χ2v) is 12.7. The Morgan fingerprint density at radius 3 is 2.55 bits per heavy atom. The number of allylic oxidation sites excluding steroid dienone is 3. The van der Waals surface area contributed by atoms with E-state index in [2.05, 4.69) is 28.9 Å². The Bertz CT molecular complexity index is 1110. The first-order valence-corrected chi connectivity index (χ1v) is 14.6. The number of piperidine rings is 1. The van der Waals surface area contributed by atoms with Crippen LogP contribution in [0.15, 0.2) is 42.5 Å². The van der Waals surface area contributed by atoms with Crippen LogP contribution < -0.4 is 10.6 Å². The van der Waals surface area contributed by atoms with Crippen LogP contribution in [-0.4, -0.2) is 54.9 Å². The van der Waals surface area contributed by atoms with Crippen LogP contribution in [0.2, 0.25) is 0 Å². The maximum atomic E-state index is 13.6. The second kappa shape index (κ2) is 11.8. The smallest absolute Gasteiger partial charge is 0.416 e. The molecule has 1 unspecified atom stereocenters. The first kappa shape index (κ1) is 29.0. The zero-order valence-corrected chi connectivity index (χ0v) is 23.7. The Labute approximate surface area is 235 Å². The third kappa shape index (κ3) is 6.85. The van der Waals surface area contributed by atoms with E-state index in [0.717, 1.165) is 50.4 Å². The zero-order valence-electron chi connectivity index (χ0n) is 23.7. The van der Waals surface area contributed by atoms with E-state index in [9.17, 15) is 18.0 Å². The summed E-state index contributed by atoms with van der Waals surface area (Å²) in [7, 11) is 0. The van der Waals surface area contributed by atoms with Crippen LogP contribution in [0.5, 0.6) is 0 Å². The summed E-state index contributed by atoms with van der Waals surface area (Å²) >= 11 is 0. The highest BCUT2D eigenvalue weighted by Crippen LogP contribution is 2.49. The maximum absolute atomic E-state index is 13.6. The largest absolute Gasteiger partial charge is 0.444 e. The second-order valence-electron chi connectivity index (χ2n) is 12.7. The predicted octanol–water partition coefficient (Wildman–Crippen LogP) is 6.70. The highest BCUT2D eigenvalue weighted by atomic mass is 19.4. The third-order valence-corrected chi connectivity index (χ3v) is 8.57. The molecule has 5 rings (SSSR count). The summed E-state index contributed by atoms with van der Waals surface area (Å²) in [6.45, 7) is 8.48. The molecule has 1 aromatic carbocycles. The van der Waals surface area contributed by atoms with Crippen LogP contribution >= 0.6 is 0 Å². The van der Waals surface area contributed by atoms with Crippen molar-refractivity contribution < 1.29 is 27.4 Å². The lowest BCUT2D eigenvalue weighted by Crippen LogP contribution is -2.48. The Hall–Kier alpha value is -2.52. The van der Waals surface area contributed by atoms with E-state index in [-0.39, 0.29) is 36.2 Å². The average Bonchev–Trinajstić information content (AvgIpc) is 2.91. The van der Waals surface area contributed by atoms with E-state index in [0.29, 0.717) is 31.1 Å². The van der Waals surface area contributed by atoms with Crippen molar-refractivity contribution >= 4 is 11.8 Å². The number of amides is 1. The van der Waals surface area contributed by atoms with E-state index in [4.69, 9.17) is 9.47 Å². The summed E-state index contributed by atoms with van der Waals surface area (Å²) in [6.07, 6.45) is 7.85. The number of carbonyl (C=O) groups excluding carboxylic acids is 1. The number of hydrogen-bond donors (Lipinski definition) is 2. The van der Waals surface area contributed by atoms with Gasteiger partial charge in [-0.15, -0.1) is 0 Å². The number of alkyl halides is 3. The van der Waals surface area contributed by atoms with Crippen molar-refractivity contribution in [1.82, 2.24) is 10.2 Å². The van der Waals surface area contributed by atoms with Gasteiger partial charge < -0.3 is 25.0 Å². The lowest BCUT2D eigenvalue weighted by atomic mass is 9.73. The minimum absolute atomic E-state index is 0.0639. The van der Waals surface area contributed by atoms with Gasteiger partial charge >= 0.3 is 12.3 Å². The van der Waals surface area contributed by atoms with Gasteiger partial charge in [0.15, 0.2) is 0 Å². The molecular formula is C31H42F3N3O3. The van der Waals surface area contributed by atoms with Crippen LogP contribution in [-0.2, 0) is 15.7 Å². The molecule has 0 saturated carbocycles. The number of ether oxygens (including phenoxy) is 2. The van der Waals surface area contributed by atoms with E-state index >= 15 is 0 Å². The highest BCUT2D eigenvalue weighted by molar-refractivity contribution is 5.68. The molecule has 3 aliphatic heterocycles. The van der Waals surface area contributed by atoms with Crippen LogP contribution in [0.1, 0.15) is 70.1 Å². The van der Waals surface area contributed by atoms with Gasteiger partial charge in [-0.2, -0.15) is 13.2 Å². The van der Waals surface area contributed by atoms with Crippen molar-refractivity contribution in [3.05, 3.63) is 53.6 Å². The molecule has 0 aromatic heterocycles. The number of anilines is 1. The fourth-order valence-corrected chi connectivity index (χ4v) is 6.51. The highest BCUT2D eigenvalue weighted by Gasteiger charge is 2.45. The normalized spacial score (nSPS) is 28.9. The van der Waals surface area contributed by atoms with Crippen molar-refractivity contribution in [2.45, 2.75) is 82.9 Å². The molecule has 2 fully saturated rings. The van der Waals surface area contributed by atoms with Gasteiger partial charge in [-0.05, 0) is 83.5 Å². The number of fused-ring (bicyclic) bond motifs is 3. The summed E-state index contributed by atoms with van der Waals surface area (Å²) in [5.74, 6) is 0.836. The average molecular weight is 562 g/mol. The van der Waals surface area contributed by atoms with Gasteiger partial charge in [0.05, 0.1) is 17.8 Å². The van der Waals surface area contributed by atoms with Crippen molar-refractivity contribution in [1.29, 1.82) is 0 Å². The number of nitrogens with zero attached hydrogens (tertiary/aromatic N) is 1. The van der Waals surface area contributed by atoms with Crippen LogP contribution in [0.4, 0.5) is 23.7 Å². The standard InChI is InChI=1S/C31H42F3N3O3/c1-30(2,3)40-29(38)37-15-13-20(14-16-37)18-35-19-23-10-11-24-27(21-7-5-4-6-8-21)36-26-12-9-22(31(32,33)34)17-25(26)28(24)39-23/h4-7,9,12,17,20-21,23-24,27-28,35-36H,8,10-11,13-16,18-19H2,1-3H3/t21?,23-,24+,27+,28+/m1/s1. The number of halogens is 3. The lowest BCUT2D eigenvalue weighted by Gasteiger charge is -2.48. The molecule has 2 saturated heterocycles. The maximum Gasteiger partial charge on any atom is 0.416 e. The fourth-order valence-electron chi connectivity index (χ4n) is 6.51. The molecular weight excluding hydrogens is 519 g/mol. The molecule has 1 aromatic rings. The number of rotatable bonds is 5. The van der Waals surface area contributed by atoms with Crippen molar-refractivity contribution in [2.24, 2.45) is 17.8 Å². The fraction of sp³-hybridized carbons (Fsp3) is 0.645. The van der Waals surface area contributed by atoms with Crippen molar-refractivity contribution in [3.8, 4) is 0 Å². The molecule has 6 nitrogen and oxygen atoms in total. The number of benzene rings is 1. The Morgan fingerprint density at radius 2 is 1.88 bits per heavy atom. The summed E-state index contributed by atoms with van der Waals surface area (Å²) in [4.78, 5) is 14.1. The van der Waals surface area contributed by atoms with Gasteiger partial charge in [0, 0.05) is 48.8 Å². The first-order chi connectivity index (χ1) is 19.0. The molecule has 0 radical (unpaired) electrons. The quantitative estimate of drug-likeness (QED) is 0.419. The van der Waals surface area contributed by atoms with Crippen LogP contribution in [0.25, 0.3) is 0 Å². The molecule has 220 valence electrons. The Balaban J connectivity index is 1.19. The molecule has 2 N–H and O–H groups in total. The van der Waals surface area contributed by atoms with E-state index in [1.165, 1.54) is 6.07 Å². The SMILES string of the molecule is CC(C)(C)OC(=O)N1CCC(CNC[C@H]2CC[C@@H]3[C@H](O2)c2cc(C(F)(F)F)ccc2N[C@H]3C2C=CC=CC2)CC1. The molecule has 40 heavy (non-hydrogen) atoms. The van der Waals surface area contributed by atoms with Gasteiger partial charge in [-0.25, -0.2) is 4.79 Å². The molecule has 1 amide bonds. The van der Waals surface area contributed by atoms with E-state index in [1.807, 2.05) is 26.8 Å². The van der Waals surface area contributed by atoms with Gasteiger partial charge in [0.2, 0.25) is 0 Å². The van der Waals surface area contributed by atoms with Crippen molar-refractivity contribution in [3.63, 3.8) is 0 Å². The summed E-state index contributed by atoms with van der Waals surface area (Å²) in [5.41, 5.74) is 0.229. The molecule has 0 bridgehead atoms. The summed E-state index contributed by atoms with van der Waals surface area (Å²) in [5, 5.41) is 7.15. The molecule has 1 aliphatic carbocycles. The van der Waals surface area contributed by atoms with Gasteiger partial charge in [0.1, 0.15) is 5.60 Å². The zero-order chi connectivity index (χ0) is 28.5. The number of hydrogen-bond acceptors (Lipinski definition) is 5. The molecule has 3 heterocycles. The lowest BCUT2D eigenvalue weighted by molar-refractivity contribution is -0.138. The summed E-state index contributed by atoms with van der Waals surface area (Å²) in [6, 6.07) is 4.12. The minimum Gasteiger partial charge on any atom is -0.444 e. The van der Waals surface area contributed by atoms with Gasteiger partial charge in [-0.3, -0.25) is 0 Å². The number of likely N-dealkylation sites (tertiary alicyclic amines) is 1. The predicted molar refractivity (Wildman–Crippen MR) is 149 cm³/mol. The Kier molecular flexibility index (Phi) is 8.53. The summed E-state index contributed by atoms with van der Waals surface area (Å²) < 4.78 is 52.9. The molecule has 5 atom stereocenters. The Morgan fingerprint density at radius 1 is 1.10 bits per heavy atom. The van der Waals surface area contributed by atoms with Crippen molar-refractivity contribution in [2.75, 3.05) is 31.5 Å². The molecule has 9 heteroatoms. The third-order valence-electron chi connectivity index (χ3n) is 8.57. The van der Waals surface area contributed by atoms with Gasteiger partial charge in [-0.1, -0.05) is 24.3 Å². The molecule has 4 aliphatic rings. The van der Waals surface area contributed by atoms with Gasteiger partial charge in [0.25, 0.3) is 0 Å². The number of carbonyl (C=O) groups is 1. The monoisotopic (exact) mass is 561 g/mol. The van der Waals surface area contributed by atoms with E-state index < -0.39 is 17.3 Å². The van der Waals surface area contributed by atoms with E-state index in [1.54, 1.807) is 11.0 Å².